The summed E-state index contributed by atoms with van der Waals surface area (Å²) < 4.78 is 46.5. The van der Waals surface area contributed by atoms with Crippen molar-refractivity contribution in [1.29, 1.82) is 0 Å². The van der Waals surface area contributed by atoms with Crippen LogP contribution in [0.3, 0.4) is 0 Å². The first-order chi connectivity index (χ1) is 13.5. The number of aromatic nitrogens is 2. The maximum Gasteiger partial charge on any atom is 0.262 e. The third-order valence-electron chi connectivity index (χ3n) is 4.41. The zero-order chi connectivity index (χ0) is 19.8. The molecule has 0 saturated carbocycles. The molecule has 0 saturated heterocycles. The molecule has 1 atom stereocenters. The van der Waals surface area contributed by atoms with Gasteiger partial charge in [-0.25, -0.2) is 13.5 Å². The predicted octanol–water partition coefficient (Wildman–Crippen LogP) is 3.17. The highest BCUT2D eigenvalue weighted by molar-refractivity contribution is 7.83. The molecule has 0 aliphatic carbocycles. The lowest BCUT2D eigenvalue weighted by Gasteiger charge is -2.12. The minimum atomic E-state index is -1.13. The molecule has 0 radical (unpaired) electrons. The second-order valence-electron chi connectivity index (χ2n) is 6.16. The lowest BCUT2D eigenvalue weighted by atomic mass is 10.1. The highest BCUT2D eigenvalue weighted by atomic mass is 32.2. The number of halogens is 2. The lowest BCUT2D eigenvalue weighted by molar-refractivity contribution is 0.101. The van der Waals surface area contributed by atoms with Crippen molar-refractivity contribution in [3.8, 4) is 11.4 Å². The van der Waals surface area contributed by atoms with E-state index >= 15 is 0 Å². The van der Waals surface area contributed by atoms with Gasteiger partial charge < -0.3 is 10.1 Å². The summed E-state index contributed by atoms with van der Waals surface area (Å²) in [6.45, 7) is 0. The Kier molecular flexibility index (Phi) is 4.68. The first kappa shape index (κ1) is 18.3. The topological polar surface area (TPSA) is 73.2 Å². The van der Waals surface area contributed by atoms with E-state index in [2.05, 4.69) is 10.4 Å². The number of fused-ring (bicyclic) bond motifs is 1. The van der Waals surface area contributed by atoms with Crippen LogP contribution in [-0.2, 0) is 22.3 Å². The molecular formula is C19H15F2N3O3S. The number of nitrogens with zero attached hydrogens (tertiary/aromatic N) is 2. The Bertz CT molecular complexity index is 1080. The van der Waals surface area contributed by atoms with Crippen molar-refractivity contribution in [2.45, 2.75) is 11.5 Å². The van der Waals surface area contributed by atoms with Gasteiger partial charge in [-0.2, -0.15) is 5.10 Å². The van der Waals surface area contributed by atoms with Gasteiger partial charge in [0.25, 0.3) is 5.91 Å². The molecule has 4 rings (SSSR count). The molecule has 3 aromatic rings. The molecule has 1 N–H and O–H groups in total. The smallest absolute Gasteiger partial charge is 0.262 e. The van der Waals surface area contributed by atoms with E-state index in [9.17, 15) is 17.8 Å². The van der Waals surface area contributed by atoms with E-state index in [0.29, 0.717) is 22.7 Å². The van der Waals surface area contributed by atoms with Gasteiger partial charge >= 0.3 is 0 Å². The fraction of sp³-hybridized carbons (Fsp3) is 0.158. The minimum Gasteiger partial charge on any atom is -0.497 e. The predicted molar refractivity (Wildman–Crippen MR) is 100.0 cm³/mol. The fourth-order valence-corrected chi connectivity index (χ4v) is 4.32. The van der Waals surface area contributed by atoms with Crippen molar-refractivity contribution in [1.82, 2.24) is 9.78 Å². The van der Waals surface area contributed by atoms with Gasteiger partial charge in [0, 0.05) is 16.4 Å². The molecule has 6 nitrogen and oxygen atoms in total. The molecule has 2 aromatic carbocycles. The van der Waals surface area contributed by atoms with Crippen LogP contribution in [0.25, 0.3) is 5.69 Å². The summed E-state index contributed by atoms with van der Waals surface area (Å²) in [5, 5.41) is 6.99. The monoisotopic (exact) mass is 403 g/mol. The number of anilines is 1. The van der Waals surface area contributed by atoms with E-state index in [1.165, 1.54) is 10.7 Å². The molecular weight excluding hydrogens is 388 g/mol. The molecule has 0 spiro atoms. The van der Waals surface area contributed by atoms with E-state index in [1.54, 1.807) is 31.4 Å². The molecule has 28 heavy (non-hydrogen) atoms. The summed E-state index contributed by atoms with van der Waals surface area (Å²) in [6.07, 6.45) is 0. The molecule has 1 aliphatic heterocycles. The number of amides is 1. The Balaban J connectivity index is 1.77. The molecule has 0 bridgehead atoms. The second kappa shape index (κ2) is 7.16. The van der Waals surface area contributed by atoms with E-state index in [-0.39, 0.29) is 17.3 Å². The quantitative estimate of drug-likeness (QED) is 0.726. The van der Waals surface area contributed by atoms with E-state index in [4.69, 9.17) is 4.74 Å². The Morgan fingerprint density at radius 3 is 2.46 bits per heavy atom. The van der Waals surface area contributed by atoms with Crippen LogP contribution in [0.1, 0.15) is 21.6 Å². The first-order valence-electron chi connectivity index (χ1n) is 8.33. The van der Waals surface area contributed by atoms with Gasteiger partial charge in [0.1, 0.15) is 28.8 Å². The Morgan fingerprint density at radius 1 is 1.14 bits per heavy atom. The number of carbonyl (C=O) groups excluding carboxylic acids is 1. The average Bonchev–Trinajstić information content (AvgIpc) is 3.19. The van der Waals surface area contributed by atoms with Gasteiger partial charge in [-0.1, -0.05) is 6.07 Å². The molecule has 1 aromatic heterocycles. The van der Waals surface area contributed by atoms with Crippen molar-refractivity contribution in [2.75, 3.05) is 12.4 Å². The molecule has 0 fully saturated rings. The number of rotatable bonds is 4. The van der Waals surface area contributed by atoms with Crippen LogP contribution < -0.4 is 10.1 Å². The largest absolute Gasteiger partial charge is 0.497 e. The Hall–Kier alpha value is -3.07. The van der Waals surface area contributed by atoms with Gasteiger partial charge in [0.15, 0.2) is 0 Å². The highest BCUT2D eigenvalue weighted by Crippen LogP contribution is 2.32. The number of hydrogen-bond acceptors (Lipinski definition) is 4. The summed E-state index contributed by atoms with van der Waals surface area (Å²) >= 11 is 0. The van der Waals surface area contributed by atoms with Crippen molar-refractivity contribution >= 4 is 22.5 Å². The van der Waals surface area contributed by atoms with E-state index in [1.807, 2.05) is 0 Å². The standard InChI is InChI=1S/C19H15F2N3O3S/c1-27-12-7-5-11(6-8-12)24-18(13-9-28(26)10-16(13)23-24)22-19(25)17-14(20)3-2-4-15(17)21/h2-8H,9-10H2,1H3,(H,22,25)/t28-/m1/s1. The minimum absolute atomic E-state index is 0.209. The van der Waals surface area contributed by atoms with Crippen molar-refractivity contribution in [2.24, 2.45) is 0 Å². The SMILES string of the molecule is COc1ccc(-n2nc3c(c2NC(=O)c2c(F)cccc2F)C[S@@](=O)C3)cc1. The number of carbonyl (C=O) groups is 1. The zero-order valence-corrected chi connectivity index (χ0v) is 15.6. The summed E-state index contributed by atoms with van der Waals surface area (Å²) in [7, 11) is 0.411. The number of benzene rings is 2. The van der Waals surface area contributed by atoms with Crippen LogP contribution >= 0.6 is 0 Å². The summed E-state index contributed by atoms with van der Waals surface area (Å²) in [5.41, 5.74) is 1.11. The number of ether oxygens (including phenoxy) is 1. The maximum absolute atomic E-state index is 14.0. The molecule has 2 heterocycles. The van der Waals surface area contributed by atoms with Crippen LogP contribution in [0.4, 0.5) is 14.6 Å². The molecule has 1 aliphatic rings. The van der Waals surface area contributed by atoms with Crippen molar-refractivity contribution < 1.29 is 22.5 Å². The summed E-state index contributed by atoms with van der Waals surface area (Å²) in [4.78, 5) is 12.6. The molecule has 9 heteroatoms. The first-order valence-corrected chi connectivity index (χ1v) is 9.82. The van der Waals surface area contributed by atoms with Gasteiger partial charge in [0.05, 0.1) is 30.0 Å². The van der Waals surface area contributed by atoms with E-state index in [0.717, 1.165) is 12.1 Å². The maximum atomic E-state index is 14.0. The van der Waals surface area contributed by atoms with Gasteiger partial charge in [-0.05, 0) is 36.4 Å². The van der Waals surface area contributed by atoms with Crippen LogP contribution in [0.15, 0.2) is 42.5 Å². The number of nitrogens with one attached hydrogen (secondary N) is 1. The Labute approximate surface area is 161 Å². The normalized spacial score (nSPS) is 15.3. The fourth-order valence-electron chi connectivity index (χ4n) is 3.05. The second-order valence-corrected chi connectivity index (χ2v) is 7.62. The number of hydrogen-bond donors (Lipinski definition) is 1. The van der Waals surface area contributed by atoms with Gasteiger partial charge in [-0.3, -0.25) is 9.00 Å². The van der Waals surface area contributed by atoms with Crippen LogP contribution in [0.5, 0.6) is 5.75 Å². The van der Waals surface area contributed by atoms with Gasteiger partial charge in [0.2, 0.25) is 0 Å². The molecule has 1 amide bonds. The van der Waals surface area contributed by atoms with Crippen LogP contribution in [0, 0.1) is 11.6 Å². The van der Waals surface area contributed by atoms with Crippen LogP contribution in [0.2, 0.25) is 0 Å². The highest BCUT2D eigenvalue weighted by Gasteiger charge is 2.29. The van der Waals surface area contributed by atoms with Crippen LogP contribution in [-0.4, -0.2) is 27.0 Å². The third kappa shape index (κ3) is 3.18. The number of methoxy groups -OCH3 is 1. The summed E-state index contributed by atoms with van der Waals surface area (Å²) in [5.74, 6) is -1.51. The van der Waals surface area contributed by atoms with E-state index < -0.39 is 33.9 Å². The van der Waals surface area contributed by atoms with Crippen molar-refractivity contribution in [3.05, 3.63) is 70.9 Å². The van der Waals surface area contributed by atoms with Gasteiger partial charge in [-0.15, -0.1) is 0 Å². The molecule has 144 valence electrons. The molecule has 0 unspecified atom stereocenters. The lowest BCUT2D eigenvalue weighted by Crippen LogP contribution is -2.19. The zero-order valence-electron chi connectivity index (χ0n) is 14.7. The average molecular weight is 403 g/mol. The Morgan fingerprint density at radius 2 is 1.82 bits per heavy atom. The summed E-state index contributed by atoms with van der Waals surface area (Å²) in [6, 6.07) is 10.1. The third-order valence-corrected chi connectivity index (χ3v) is 5.61. The van der Waals surface area contributed by atoms with Crippen molar-refractivity contribution in [3.63, 3.8) is 0 Å².